The third kappa shape index (κ3) is 3.63. The number of carbonyl (C=O) groups is 1. The molecule has 0 unspecified atom stereocenters. The Bertz CT molecular complexity index is 770. The van der Waals surface area contributed by atoms with Crippen molar-refractivity contribution in [2.45, 2.75) is 0 Å². The molecule has 0 aliphatic rings. The molecule has 2 rings (SSSR count). The minimum absolute atomic E-state index is 0.0953. The Hall–Kier alpha value is -2.37. The Morgan fingerprint density at radius 1 is 1.09 bits per heavy atom. The number of nitrogens with zero attached hydrogens (tertiary/aromatic N) is 1. The average Bonchev–Trinajstić information content (AvgIpc) is 2.45. The van der Waals surface area contributed by atoms with E-state index in [0.29, 0.717) is 10.6 Å². The van der Waals surface area contributed by atoms with Gasteiger partial charge in [0.2, 0.25) is 0 Å². The standard InChI is InChI=1S/C15H9Cl2NO4/c16-11-3-1-9(2-4-11)13(15(19)20)8-10-7-12(17)5-6-14(10)18(21)22/h1-8H,(H,19,20)/b13-8+. The van der Waals surface area contributed by atoms with E-state index in [1.807, 2.05) is 0 Å². The van der Waals surface area contributed by atoms with Gasteiger partial charge in [-0.05, 0) is 35.9 Å². The van der Waals surface area contributed by atoms with Crippen molar-refractivity contribution in [1.82, 2.24) is 0 Å². The van der Waals surface area contributed by atoms with Crippen LogP contribution in [0.3, 0.4) is 0 Å². The first-order chi connectivity index (χ1) is 10.4. The van der Waals surface area contributed by atoms with Gasteiger partial charge in [0.05, 0.1) is 16.1 Å². The molecular weight excluding hydrogens is 329 g/mol. The van der Waals surface area contributed by atoms with Gasteiger partial charge >= 0.3 is 5.97 Å². The number of carboxylic acids is 1. The summed E-state index contributed by atoms with van der Waals surface area (Å²) >= 11 is 11.6. The van der Waals surface area contributed by atoms with Gasteiger partial charge < -0.3 is 5.11 Å². The third-order valence-corrected chi connectivity index (χ3v) is 3.36. The van der Waals surface area contributed by atoms with Crippen LogP contribution in [0.15, 0.2) is 42.5 Å². The SMILES string of the molecule is O=C(O)/C(=C/c1cc(Cl)ccc1[N+](=O)[O-])c1ccc(Cl)cc1. The lowest BCUT2D eigenvalue weighted by molar-refractivity contribution is -0.385. The average molecular weight is 338 g/mol. The molecule has 0 heterocycles. The first-order valence-electron chi connectivity index (χ1n) is 6.03. The van der Waals surface area contributed by atoms with Crippen LogP contribution < -0.4 is 0 Å². The number of carboxylic acid groups (broad SMARTS) is 1. The van der Waals surface area contributed by atoms with E-state index in [1.54, 1.807) is 12.1 Å². The second kappa shape index (κ2) is 6.60. The van der Waals surface area contributed by atoms with E-state index in [0.717, 1.165) is 0 Å². The molecule has 0 radical (unpaired) electrons. The van der Waals surface area contributed by atoms with Crippen LogP contribution in [0.2, 0.25) is 10.0 Å². The van der Waals surface area contributed by atoms with Crippen molar-refractivity contribution < 1.29 is 14.8 Å². The second-order valence-electron chi connectivity index (χ2n) is 4.33. The smallest absolute Gasteiger partial charge is 0.336 e. The zero-order valence-electron chi connectivity index (χ0n) is 11.0. The van der Waals surface area contributed by atoms with Crippen molar-refractivity contribution >= 4 is 46.5 Å². The molecule has 2 aromatic carbocycles. The Labute approximate surface area is 135 Å². The lowest BCUT2D eigenvalue weighted by Gasteiger charge is -2.04. The maximum Gasteiger partial charge on any atom is 0.336 e. The highest BCUT2D eigenvalue weighted by Crippen LogP contribution is 2.28. The van der Waals surface area contributed by atoms with Crippen molar-refractivity contribution in [1.29, 1.82) is 0 Å². The summed E-state index contributed by atoms with van der Waals surface area (Å²) in [6.07, 6.45) is 1.22. The molecule has 0 amide bonds. The molecule has 0 saturated heterocycles. The number of nitro groups is 1. The molecule has 5 nitrogen and oxygen atoms in total. The lowest BCUT2D eigenvalue weighted by atomic mass is 10.0. The summed E-state index contributed by atoms with van der Waals surface area (Å²) in [5.41, 5.74) is 0.176. The van der Waals surface area contributed by atoms with Crippen LogP contribution >= 0.6 is 23.2 Å². The fourth-order valence-electron chi connectivity index (χ4n) is 1.86. The lowest BCUT2D eigenvalue weighted by Crippen LogP contribution is -2.00. The fraction of sp³-hybridized carbons (Fsp3) is 0. The van der Waals surface area contributed by atoms with Crippen molar-refractivity contribution in [2.24, 2.45) is 0 Å². The van der Waals surface area contributed by atoms with E-state index in [4.69, 9.17) is 23.2 Å². The molecule has 0 aliphatic heterocycles. The third-order valence-electron chi connectivity index (χ3n) is 2.87. The summed E-state index contributed by atoms with van der Waals surface area (Å²) < 4.78 is 0. The predicted molar refractivity (Wildman–Crippen MR) is 85.1 cm³/mol. The molecule has 22 heavy (non-hydrogen) atoms. The van der Waals surface area contributed by atoms with Crippen LogP contribution in [0.1, 0.15) is 11.1 Å². The summed E-state index contributed by atoms with van der Waals surface area (Å²) in [6, 6.07) is 10.1. The number of nitro benzene ring substituents is 1. The van der Waals surface area contributed by atoms with Crippen LogP contribution in [0, 0.1) is 10.1 Å². The maximum atomic E-state index is 11.5. The molecule has 2 aromatic rings. The van der Waals surface area contributed by atoms with E-state index in [9.17, 15) is 20.0 Å². The van der Waals surface area contributed by atoms with Gasteiger partial charge in [-0.2, -0.15) is 0 Å². The minimum Gasteiger partial charge on any atom is -0.478 e. The van der Waals surface area contributed by atoms with Crippen molar-refractivity contribution in [2.75, 3.05) is 0 Å². The van der Waals surface area contributed by atoms with Crippen LogP contribution in [0.5, 0.6) is 0 Å². The molecule has 7 heteroatoms. The Morgan fingerprint density at radius 2 is 1.68 bits per heavy atom. The normalized spacial score (nSPS) is 11.3. The largest absolute Gasteiger partial charge is 0.478 e. The van der Waals surface area contributed by atoms with Crippen LogP contribution in [-0.4, -0.2) is 16.0 Å². The monoisotopic (exact) mass is 337 g/mol. The van der Waals surface area contributed by atoms with Gasteiger partial charge in [0.25, 0.3) is 5.69 Å². The van der Waals surface area contributed by atoms with E-state index >= 15 is 0 Å². The van der Waals surface area contributed by atoms with Crippen LogP contribution in [0.4, 0.5) is 5.69 Å². The van der Waals surface area contributed by atoms with E-state index in [2.05, 4.69) is 0 Å². The molecule has 0 aliphatic carbocycles. The van der Waals surface area contributed by atoms with Gasteiger partial charge in [-0.25, -0.2) is 4.79 Å². The molecule has 0 aromatic heterocycles. The van der Waals surface area contributed by atoms with Crippen LogP contribution in [0.25, 0.3) is 11.6 Å². The highest BCUT2D eigenvalue weighted by Gasteiger charge is 2.16. The second-order valence-corrected chi connectivity index (χ2v) is 5.20. The first-order valence-corrected chi connectivity index (χ1v) is 6.79. The maximum absolute atomic E-state index is 11.5. The van der Waals surface area contributed by atoms with Crippen molar-refractivity contribution in [3.8, 4) is 0 Å². The van der Waals surface area contributed by atoms with Gasteiger partial charge in [0.15, 0.2) is 0 Å². The van der Waals surface area contributed by atoms with Gasteiger partial charge in [0, 0.05) is 16.1 Å². The van der Waals surface area contributed by atoms with Gasteiger partial charge in [-0.3, -0.25) is 10.1 Å². The molecule has 0 atom stereocenters. The van der Waals surface area contributed by atoms with Gasteiger partial charge in [-0.15, -0.1) is 0 Å². The van der Waals surface area contributed by atoms with E-state index in [-0.39, 0.29) is 21.8 Å². The van der Waals surface area contributed by atoms with Gasteiger partial charge in [0.1, 0.15) is 0 Å². The topological polar surface area (TPSA) is 80.4 Å². The number of halogens is 2. The number of rotatable bonds is 4. The zero-order valence-corrected chi connectivity index (χ0v) is 12.5. The number of hydrogen-bond acceptors (Lipinski definition) is 3. The number of benzene rings is 2. The van der Waals surface area contributed by atoms with Gasteiger partial charge in [-0.1, -0.05) is 35.3 Å². The van der Waals surface area contributed by atoms with Crippen LogP contribution in [-0.2, 0) is 4.79 Å². The Morgan fingerprint density at radius 3 is 2.23 bits per heavy atom. The molecule has 1 N–H and O–H groups in total. The number of hydrogen-bond donors (Lipinski definition) is 1. The molecule has 0 bridgehead atoms. The zero-order chi connectivity index (χ0) is 16.3. The van der Waals surface area contributed by atoms with E-state index < -0.39 is 10.9 Å². The summed E-state index contributed by atoms with van der Waals surface area (Å²) in [7, 11) is 0. The fourth-order valence-corrected chi connectivity index (χ4v) is 2.17. The Kier molecular flexibility index (Phi) is 4.80. The number of aliphatic carboxylic acids is 1. The highest BCUT2D eigenvalue weighted by atomic mass is 35.5. The minimum atomic E-state index is -1.21. The Balaban J connectivity index is 2.60. The highest BCUT2D eigenvalue weighted by molar-refractivity contribution is 6.31. The first kappa shape index (κ1) is 16.0. The quantitative estimate of drug-likeness (QED) is 0.384. The molecule has 0 spiro atoms. The molecule has 0 saturated carbocycles. The molecule has 112 valence electrons. The molecular formula is C15H9Cl2NO4. The molecule has 0 fully saturated rings. The summed E-state index contributed by atoms with van der Waals surface area (Å²) in [5.74, 6) is -1.21. The summed E-state index contributed by atoms with van der Waals surface area (Å²) in [5, 5.41) is 21.1. The van der Waals surface area contributed by atoms with Crippen molar-refractivity contribution in [3.05, 3.63) is 73.8 Å². The van der Waals surface area contributed by atoms with Crippen molar-refractivity contribution in [3.63, 3.8) is 0 Å². The summed E-state index contributed by atoms with van der Waals surface area (Å²) in [6.45, 7) is 0. The van der Waals surface area contributed by atoms with E-state index in [1.165, 1.54) is 36.4 Å². The predicted octanol–water partition coefficient (Wildman–Crippen LogP) is 4.53. The summed E-state index contributed by atoms with van der Waals surface area (Å²) in [4.78, 5) is 21.9.